The standard InChI is InChI=1S/C24H27ClN4OS/c1-17-4-3-5-18(2)23(17)27-22(30)15-29-12-10-28(11-13-29)14-21-16-31-24(26-21)19-6-8-20(25)9-7-19/h3-9,16H,10-15H2,1-2H3,(H,27,30). The fourth-order valence-corrected chi connectivity index (χ4v) is 4.78. The first-order valence-corrected chi connectivity index (χ1v) is 11.7. The quantitative estimate of drug-likeness (QED) is 0.579. The minimum atomic E-state index is 0.0537. The molecule has 1 aliphatic rings. The normalized spacial score (nSPS) is 15.2. The predicted molar refractivity (Wildman–Crippen MR) is 129 cm³/mol. The third kappa shape index (κ3) is 5.71. The van der Waals surface area contributed by atoms with Crippen molar-refractivity contribution in [2.75, 3.05) is 38.0 Å². The molecule has 1 amide bonds. The molecular weight excluding hydrogens is 428 g/mol. The lowest BCUT2D eigenvalue weighted by Gasteiger charge is -2.33. The van der Waals surface area contributed by atoms with Crippen molar-refractivity contribution in [2.45, 2.75) is 20.4 Å². The number of aryl methyl sites for hydroxylation is 2. The van der Waals surface area contributed by atoms with E-state index in [-0.39, 0.29) is 5.91 Å². The molecule has 1 aliphatic heterocycles. The Morgan fingerprint density at radius 2 is 1.68 bits per heavy atom. The SMILES string of the molecule is Cc1cccc(C)c1NC(=O)CN1CCN(Cc2csc(-c3ccc(Cl)cc3)n2)CC1. The second-order valence-electron chi connectivity index (χ2n) is 8.02. The number of nitrogens with zero attached hydrogens (tertiary/aromatic N) is 3. The van der Waals surface area contributed by atoms with Gasteiger partial charge in [0.25, 0.3) is 0 Å². The Kier molecular flexibility index (Phi) is 7.02. The Hall–Kier alpha value is -2.25. The van der Waals surface area contributed by atoms with Gasteiger partial charge in [0.15, 0.2) is 0 Å². The number of carbonyl (C=O) groups is 1. The molecule has 1 fully saturated rings. The molecule has 0 saturated carbocycles. The van der Waals surface area contributed by atoms with Gasteiger partial charge in [0.05, 0.1) is 12.2 Å². The Labute approximate surface area is 192 Å². The van der Waals surface area contributed by atoms with Gasteiger partial charge >= 0.3 is 0 Å². The summed E-state index contributed by atoms with van der Waals surface area (Å²) < 4.78 is 0. The molecule has 0 unspecified atom stereocenters. The molecule has 1 aromatic heterocycles. The molecular formula is C24H27ClN4OS. The number of hydrogen-bond donors (Lipinski definition) is 1. The minimum absolute atomic E-state index is 0.0537. The van der Waals surface area contributed by atoms with Crippen LogP contribution in [0, 0.1) is 13.8 Å². The molecule has 4 rings (SSSR count). The molecule has 31 heavy (non-hydrogen) atoms. The van der Waals surface area contributed by atoms with E-state index in [1.54, 1.807) is 11.3 Å². The van der Waals surface area contributed by atoms with Crippen molar-refractivity contribution in [1.29, 1.82) is 0 Å². The zero-order valence-corrected chi connectivity index (χ0v) is 19.5. The van der Waals surface area contributed by atoms with Gasteiger partial charge in [-0.15, -0.1) is 11.3 Å². The second-order valence-corrected chi connectivity index (χ2v) is 9.31. The summed E-state index contributed by atoms with van der Waals surface area (Å²) in [6, 6.07) is 13.9. The summed E-state index contributed by atoms with van der Waals surface area (Å²) in [5, 5.41) is 6.98. The van der Waals surface area contributed by atoms with Crippen LogP contribution in [0.25, 0.3) is 10.6 Å². The summed E-state index contributed by atoms with van der Waals surface area (Å²) >= 11 is 7.64. The van der Waals surface area contributed by atoms with Crippen LogP contribution in [-0.2, 0) is 11.3 Å². The largest absolute Gasteiger partial charge is 0.324 e. The van der Waals surface area contributed by atoms with Gasteiger partial charge in [0, 0.05) is 54.4 Å². The van der Waals surface area contributed by atoms with Crippen LogP contribution in [0.5, 0.6) is 0 Å². The number of nitrogens with one attached hydrogen (secondary N) is 1. The molecule has 162 valence electrons. The lowest BCUT2D eigenvalue weighted by molar-refractivity contribution is -0.117. The Morgan fingerprint density at radius 3 is 2.35 bits per heavy atom. The van der Waals surface area contributed by atoms with Crippen LogP contribution in [0.2, 0.25) is 5.02 Å². The molecule has 0 spiro atoms. The number of aromatic nitrogens is 1. The van der Waals surface area contributed by atoms with Crippen LogP contribution in [-0.4, -0.2) is 53.4 Å². The highest BCUT2D eigenvalue weighted by atomic mass is 35.5. The summed E-state index contributed by atoms with van der Waals surface area (Å²) in [5.74, 6) is 0.0537. The van der Waals surface area contributed by atoms with Gasteiger partial charge < -0.3 is 5.32 Å². The summed E-state index contributed by atoms with van der Waals surface area (Å²) in [7, 11) is 0. The highest BCUT2D eigenvalue weighted by molar-refractivity contribution is 7.13. The molecule has 7 heteroatoms. The molecule has 2 aromatic carbocycles. The molecule has 1 N–H and O–H groups in total. The van der Waals surface area contributed by atoms with Crippen LogP contribution in [0.3, 0.4) is 0 Å². The molecule has 0 aliphatic carbocycles. The summed E-state index contributed by atoms with van der Waals surface area (Å²) in [4.78, 5) is 21.9. The maximum absolute atomic E-state index is 12.5. The van der Waals surface area contributed by atoms with Gasteiger partial charge in [-0.25, -0.2) is 4.98 Å². The van der Waals surface area contributed by atoms with Gasteiger partial charge in [-0.3, -0.25) is 14.6 Å². The van der Waals surface area contributed by atoms with Crippen LogP contribution in [0.1, 0.15) is 16.8 Å². The third-order valence-electron chi connectivity index (χ3n) is 5.61. The number of carbonyl (C=O) groups excluding carboxylic acids is 1. The highest BCUT2D eigenvalue weighted by Crippen LogP contribution is 2.26. The van der Waals surface area contributed by atoms with Crippen molar-refractivity contribution in [1.82, 2.24) is 14.8 Å². The van der Waals surface area contributed by atoms with Crippen molar-refractivity contribution in [3.8, 4) is 10.6 Å². The maximum Gasteiger partial charge on any atom is 0.238 e. The highest BCUT2D eigenvalue weighted by Gasteiger charge is 2.20. The minimum Gasteiger partial charge on any atom is -0.324 e. The number of benzene rings is 2. The van der Waals surface area contributed by atoms with Crippen molar-refractivity contribution in [3.05, 3.63) is 69.7 Å². The molecule has 1 saturated heterocycles. The van der Waals surface area contributed by atoms with Crippen LogP contribution in [0.15, 0.2) is 47.8 Å². The summed E-state index contributed by atoms with van der Waals surface area (Å²) in [6.45, 7) is 8.96. The lowest BCUT2D eigenvalue weighted by Crippen LogP contribution is -2.48. The smallest absolute Gasteiger partial charge is 0.238 e. The van der Waals surface area contributed by atoms with E-state index in [2.05, 4.69) is 20.5 Å². The van der Waals surface area contributed by atoms with E-state index in [0.29, 0.717) is 6.54 Å². The maximum atomic E-state index is 12.5. The van der Waals surface area contributed by atoms with Crippen LogP contribution < -0.4 is 5.32 Å². The second kappa shape index (κ2) is 9.92. The van der Waals surface area contributed by atoms with E-state index in [1.807, 2.05) is 56.3 Å². The van der Waals surface area contributed by atoms with Crippen LogP contribution in [0.4, 0.5) is 5.69 Å². The molecule has 0 radical (unpaired) electrons. The third-order valence-corrected chi connectivity index (χ3v) is 6.80. The number of rotatable bonds is 6. The van der Waals surface area contributed by atoms with Crippen LogP contribution >= 0.6 is 22.9 Å². The first kappa shape index (κ1) is 22.0. The van der Waals surface area contributed by atoms with Crippen molar-refractivity contribution >= 4 is 34.5 Å². The first-order chi connectivity index (χ1) is 15.0. The van der Waals surface area contributed by atoms with E-state index < -0.39 is 0 Å². The average molecular weight is 455 g/mol. The van der Waals surface area contributed by atoms with Crippen molar-refractivity contribution < 1.29 is 4.79 Å². The summed E-state index contributed by atoms with van der Waals surface area (Å²) in [5.41, 5.74) is 5.32. The summed E-state index contributed by atoms with van der Waals surface area (Å²) in [6.07, 6.45) is 0. The number of halogens is 1. The van der Waals surface area contributed by atoms with E-state index in [1.165, 1.54) is 0 Å². The number of anilines is 1. The van der Waals surface area contributed by atoms with E-state index >= 15 is 0 Å². The molecule has 0 bridgehead atoms. The van der Waals surface area contributed by atoms with Gasteiger partial charge in [-0.1, -0.05) is 41.9 Å². The fourth-order valence-electron chi connectivity index (χ4n) is 3.83. The zero-order chi connectivity index (χ0) is 21.8. The zero-order valence-electron chi connectivity index (χ0n) is 17.9. The monoisotopic (exact) mass is 454 g/mol. The van der Waals surface area contributed by atoms with Gasteiger partial charge in [0.1, 0.15) is 5.01 Å². The first-order valence-electron chi connectivity index (χ1n) is 10.5. The molecule has 5 nitrogen and oxygen atoms in total. The lowest BCUT2D eigenvalue weighted by atomic mass is 10.1. The fraction of sp³-hybridized carbons (Fsp3) is 0.333. The number of piperazine rings is 1. The topological polar surface area (TPSA) is 48.5 Å². The Bertz CT molecular complexity index is 1020. The van der Waals surface area contributed by atoms with Crippen molar-refractivity contribution in [2.24, 2.45) is 0 Å². The van der Waals surface area contributed by atoms with E-state index in [4.69, 9.17) is 16.6 Å². The number of hydrogen-bond acceptors (Lipinski definition) is 5. The average Bonchev–Trinajstić information content (AvgIpc) is 3.21. The molecule has 0 atom stereocenters. The van der Waals surface area contributed by atoms with Gasteiger partial charge in [-0.05, 0) is 37.1 Å². The van der Waals surface area contributed by atoms with Gasteiger partial charge in [-0.2, -0.15) is 0 Å². The Morgan fingerprint density at radius 1 is 1.03 bits per heavy atom. The number of thiazole rings is 1. The van der Waals surface area contributed by atoms with E-state index in [9.17, 15) is 4.79 Å². The number of para-hydroxylation sites is 1. The Balaban J connectivity index is 1.25. The number of amides is 1. The van der Waals surface area contributed by atoms with Gasteiger partial charge in [0.2, 0.25) is 5.91 Å². The molecule has 2 heterocycles. The molecule has 3 aromatic rings. The van der Waals surface area contributed by atoms with Crippen molar-refractivity contribution in [3.63, 3.8) is 0 Å². The predicted octanol–water partition coefficient (Wildman–Crippen LogP) is 4.84. The van der Waals surface area contributed by atoms with E-state index in [0.717, 1.165) is 70.8 Å².